The normalized spacial score (nSPS) is 10.5. The number of hydrogen-bond acceptors (Lipinski definition) is 2. The molecule has 0 saturated carbocycles. The van der Waals surface area contributed by atoms with E-state index in [1.54, 1.807) is 19.1 Å². The maximum Gasteiger partial charge on any atom is 0.335 e. The van der Waals surface area contributed by atoms with E-state index >= 15 is 0 Å². The second kappa shape index (κ2) is 3.93. The van der Waals surface area contributed by atoms with Crippen LogP contribution in [0.25, 0.3) is 5.69 Å². The highest BCUT2D eigenvalue weighted by atomic mass is 16.4. The molecule has 1 aromatic heterocycles. The molecule has 5 nitrogen and oxygen atoms in total. The van der Waals surface area contributed by atoms with Crippen molar-refractivity contribution in [2.75, 3.05) is 0 Å². The number of aromatic carboxylic acids is 1. The average Bonchev–Trinajstić information content (AvgIpc) is 2.57. The predicted molar refractivity (Wildman–Crippen MR) is 62.8 cm³/mol. The monoisotopic (exact) mass is 232 g/mol. The zero-order valence-electron chi connectivity index (χ0n) is 9.52. The van der Waals surface area contributed by atoms with Crippen LogP contribution in [-0.2, 0) is 0 Å². The van der Waals surface area contributed by atoms with E-state index < -0.39 is 5.97 Å². The van der Waals surface area contributed by atoms with Gasteiger partial charge in [0.1, 0.15) is 0 Å². The number of hydrogen-bond donors (Lipinski definition) is 2. The Labute approximate surface area is 97.3 Å². The highest BCUT2D eigenvalue weighted by Crippen LogP contribution is 2.08. The number of rotatable bonds is 2. The fourth-order valence-electron chi connectivity index (χ4n) is 1.57. The van der Waals surface area contributed by atoms with Crippen LogP contribution in [0.2, 0.25) is 0 Å². The minimum atomic E-state index is -0.984. The van der Waals surface area contributed by atoms with E-state index in [9.17, 15) is 9.59 Å². The van der Waals surface area contributed by atoms with E-state index in [0.29, 0.717) is 11.3 Å². The van der Waals surface area contributed by atoms with Crippen molar-refractivity contribution in [1.82, 2.24) is 9.78 Å². The smallest absolute Gasteiger partial charge is 0.335 e. The summed E-state index contributed by atoms with van der Waals surface area (Å²) in [6.45, 7) is 3.56. The molecule has 0 aliphatic rings. The van der Waals surface area contributed by atoms with E-state index in [-0.39, 0.29) is 11.1 Å². The molecule has 17 heavy (non-hydrogen) atoms. The molecule has 0 bridgehead atoms. The number of benzene rings is 1. The molecular weight excluding hydrogens is 220 g/mol. The first-order valence-electron chi connectivity index (χ1n) is 5.12. The largest absolute Gasteiger partial charge is 0.478 e. The Bertz CT molecular complexity index is 620. The van der Waals surface area contributed by atoms with E-state index in [2.05, 4.69) is 5.10 Å². The van der Waals surface area contributed by atoms with Gasteiger partial charge in [-0.25, -0.2) is 9.48 Å². The number of H-pyrrole nitrogens is 1. The third-order valence-corrected chi connectivity index (χ3v) is 2.74. The van der Waals surface area contributed by atoms with Crippen molar-refractivity contribution in [1.29, 1.82) is 0 Å². The zero-order chi connectivity index (χ0) is 12.6. The van der Waals surface area contributed by atoms with Gasteiger partial charge >= 0.3 is 5.97 Å². The minimum Gasteiger partial charge on any atom is -0.478 e. The lowest BCUT2D eigenvalue weighted by atomic mass is 10.2. The van der Waals surface area contributed by atoms with Gasteiger partial charge in [-0.15, -0.1) is 0 Å². The van der Waals surface area contributed by atoms with Gasteiger partial charge in [-0.3, -0.25) is 9.89 Å². The topological polar surface area (TPSA) is 75.1 Å². The lowest BCUT2D eigenvalue weighted by Gasteiger charge is -2.01. The van der Waals surface area contributed by atoms with Gasteiger partial charge in [0.05, 0.1) is 11.3 Å². The molecular formula is C12H12N2O3. The van der Waals surface area contributed by atoms with Gasteiger partial charge in [0, 0.05) is 11.3 Å². The van der Waals surface area contributed by atoms with Crippen molar-refractivity contribution in [2.24, 2.45) is 0 Å². The summed E-state index contributed by atoms with van der Waals surface area (Å²) >= 11 is 0. The van der Waals surface area contributed by atoms with Crippen molar-refractivity contribution in [2.45, 2.75) is 13.8 Å². The lowest BCUT2D eigenvalue weighted by Crippen LogP contribution is -2.15. The molecule has 5 heteroatoms. The molecule has 0 radical (unpaired) electrons. The standard InChI is InChI=1S/C12H12N2O3/c1-7-8(2)13-14(11(7)15)10-5-3-9(4-6-10)12(16)17/h3-6,13H,1-2H3,(H,16,17). The van der Waals surface area contributed by atoms with E-state index in [0.717, 1.165) is 5.69 Å². The first-order chi connectivity index (χ1) is 8.00. The van der Waals surface area contributed by atoms with E-state index in [4.69, 9.17) is 5.11 Å². The summed E-state index contributed by atoms with van der Waals surface area (Å²) < 4.78 is 1.40. The molecule has 2 rings (SSSR count). The first-order valence-corrected chi connectivity index (χ1v) is 5.12. The van der Waals surface area contributed by atoms with Gasteiger partial charge in [-0.1, -0.05) is 0 Å². The molecule has 1 heterocycles. The van der Waals surface area contributed by atoms with Gasteiger partial charge in [-0.2, -0.15) is 0 Å². The molecule has 0 spiro atoms. The number of carbonyl (C=O) groups is 1. The summed E-state index contributed by atoms with van der Waals surface area (Å²) in [5, 5.41) is 11.7. The SMILES string of the molecule is Cc1[nH]n(-c2ccc(C(=O)O)cc2)c(=O)c1C. The second-order valence-corrected chi connectivity index (χ2v) is 3.85. The first kappa shape index (κ1) is 11.2. The Morgan fingerprint density at radius 3 is 2.24 bits per heavy atom. The number of nitrogens with one attached hydrogen (secondary N) is 1. The van der Waals surface area contributed by atoms with Crippen LogP contribution in [0, 0.1) is 13.8 Å². The predicted octanol–water partition coefficient (Wildman–Crippen LogP) is 1.48. The van der Waals surface area contributed by atoms with Gasteiger partial charge in [0.25, 0.3) is 5.56 Å². The Morgan fingerprint density at radius 2 is 1.82 bits per heavy atom. The summed E-state index contributed by atoms with van der Waals surface area (Å²) in [4.78, 5) is 22.5. The van der Waals surface area contributed by atoms with Crippen LogP contribution in [0.4, 0.5) is 0 Å². The lowest BCUT2D eigenvalue weighted by molar-refractivity contribution is 0.0697. The second-order valence-electron chi connectivity index (χ2n) is 3.85. The van der Waals surface area contributed by atoms with E-state index in [1.165, 1.54) is 16.8 Å². The zero-order valence-corrected chi connectivity index (χ0v) is 9.52. The molecule has 2 N–H and O–H groups in total. The Kier molecular flexibility index (Phi) is 2.59. The third kappa shape index (κ3) is 1.87. The third-order valence-electron chi connectivity index (χ3n) is 2.74. The molecule has 0 aliphatic carbocycles. The molecule has 0 saturated heterocycles. The molecule has 88 valence electrons. The molecule has 0 aliphatic heterocycles. The Hall–Kier alpha value is -2.30. The highest BCUT2D eigenvalue weighted by molar-refractivity contribution is 5.87. The van der Waals surface area contributed by atoms with Crippen LogP contribution in [0.5, 0.6) is 0 Å². The van der Waals surface area contributed by atoms with Gasteiger partial charge < -0.3 is 5.11 Å². The minimum absolute atomic E-state index is 0.120. The van der Waals surface area contributed by atoms with Crippen molar-refractivity contribution in [3.8, 4) is 5.69 Å². The molecule has 0 atom stereocenters. The van der Waals surface area contributed by atoms with Crippen LogP contribution in [-0.4, -0.2) is 20.9 Å². The van der Waals surface area contributed by atoms with Gasteiger partial charge in [-0.05, 0) is 38.1 Å². The Balaban J connectivity index is 2.50. The van der Waals surface area contributed by atoms with Gasteiger partial charge in [0.2, 0.25) is 0 Å². The van der Waals surface area contributed by atoms with Gasteiger partial charge in [0.15, 0.2) is 0 Å². The summed E-state index contributed by atoms with van der Waals surface area (Å²) in [7, 11) is 0. The van der Waals surface area contributed by atoms with Crippen molar-refractivity contribution in [3.05, 3.63) is 51.4 Å². The summed E-state index contributed by atoms with van der Waals surface area (Å²) in [5.74, 6) is -0.984. The number of carboxylic acids is 1. The molecule has 0 amide bonds. The molecule has 0 unspecified atom stereocenters. The van der Waals surface area contributed by atoms with Crippen molar-refractivity contribution >= 4 is 5.97 Å². The van der Waals surface area contributed by atoms with Crippen LogP contribution in [0.3, 0.4) is 0 Å². The number of aromatic amines is 1. The number of aryl methyl sites for hydroxylation is 1. The van der Waals surface area contributed by atoms with Crippen LogP contribution in [0.1, 0.15) is 21.6 Å². The Morgan fingerprint density at radius 1 is 1.24 bits per heavy atom. The average molecular weight is 232 g/mol. The molecule has 1 aromatic carbocycles. The van der Waals surface area contributed by atoms with Crippen molar-refractivity contribution < 1.29 is 9.90 Å². The maximum atomic E-state index is 11.8. The van der Waals surface area contributed by atoms with Crippen LogP contribution in [0.15, 0.2) is 29.1 Å². The highest BCUT2D eigenvalue weighted by Gasteiger charge is 2.08. The van der Waals surface area contributed by atoms with Crippen LogP contribution < -0.4 is 5.56 Å². The number of nitrogens with zero attached hydrogens (tertiary/aromatic N) is 1. The number of aromatic nitrogens is 2. The fourth-order valence-corrected chi connectivity index (χ4v) is 1.57. The molecule has 0 fully saturated rings. The quantitative estimate of drug-likeness (QED) is 0.823. The summed E-state index contributed by atoms with van der Waals surface area (Å²) in [5.41, 5.74) is 2.16. The van der Waals surface area contributed by atoms with Crippen molar-refractivity contribution in [3.63, 3.8) is 0 Å². The number of carboxylic acid groups (broad SMARTS) is 1. The summed E-state index contributed by atoms with van der Waals surface area (Å²) in [6, 6.07) is 6.13. The fraction of sp³-hybridized carbons (Fsp3) is 0.167. The molecule has 2 aromatic rings. The van der Waals surface area contributed by atoms with Crippen LogP contribution >= 0.6 is 0 Å². The maximum absolute atomic E-state index is 11.8. The van der Waals surface area contributed by atoms with E-state index in [1.807, 2.05) is 6.92 Å². The summed E-state index contributed by atoms with van der Waals surface area (Å²) in [6.07, 6.45) is 0.